The number of piperazine rings is 1. The Hall–Kier alpha value is -0.120. The molecule has 0 amide bonds. The van der Waals surface area contributed by atoms with Gasteiger partial charge in [0.2, 0.25) is 0 Å². The van der Waals surface area contributed by atoms with Crippen LogP contribution in [-0.2, 0) is 4.74 Å². The Balaban J connectivity index is 1.83. The van der Waals surface area contributed by atoms with Gasteiger partial charge in [0.05, 0.1) is 0 Å². The molecule has 1 heterocycles. The van der Waals surface area contributed by atoms with Crippen molar-refractivity contribution < 1.29 is 4.74 Å². The lowest BCUT2D eigenvalue weighted by Crippen LogP contribution is -2.63. The maximum absolute atomic E-state index is 5.15. The van der Waals surface area contributed by atoms with Crippen LogP contribution in [0.4, 0.5) is 0 Å². The molecule has 1 unspecified atom stereocenters. The molecule has 0 radical (unpaired) electrons. The number of hydrogen-bond acceptors (Lipinski definition) is 3. The van der Waals surface area contributed by atoms with E-state index in [1.54, 1.807) is 7.11 Å². The molecule has 2 rings (SSSR count). The summed E-state index contributed by atoms with van der Waals surface area (Å²) in [5, 5.41) is 3.86. The van der Waals surface area contributed by atoms with Crippen LogP contribution in [0.15, 0.2) is 0 Å². The molecule has 0 aromatic rings. The minimum absolute atomic E-state index is 0.465. The van der Waals surface area contributed by atoms with E-state index >= 15 is 0 Å². The summed E-state index contributed by atoms with van der Waals surface area (Å²) in [7, 11) is 1.80. The fourth-order valence-corrected chi connectivity index (χ4v) is 3.65. The van der Waals surface area contributed by atoms with Gasteiger partial charge in [0.25, 0.3) is 0 Å². The van der Waals surface area contributed by atoms with Gasteiger partial charge in [-0.2, -0.15) is 0 Å². The van der Waals surface area contributed by atoms with Crippen LogP contribution in [-0.4, -0.2) is 49.8 Å². The smallest absolute Gasteiger partial charge is 0.0462 e. The van der Waals surface area contributed by atoms with E-state index in [9.17, 15) is 0 Å². The number of rotatable bonds is 6. The van der Waals surface area contributed by atoms with Crippen LogP contribution in [0.2, 0.25) is 0 Å². The average molecular weight is 254 g/mol. The lowest BCUT2D eigenvalue weighted by atomic mass is 9.91. The standard InChI is InChI=1S/C15H30N2O/c1-3-14-12-16-15(8-4-5-9-15)13-17(14)10-6-7-11-18-2/h14,16H,3-13H2,1-2H3. The van der Waals surface area contributed by atoms with Crippen molar-refractivity contribution in [3.8, 4) is 0 Å². The number of nitrogens with one attached hydrogen (secondary N) is 1. The van der Waals surface area contributed by atoms with E-state index in [4.69, 9.17) is 4.74 Å². The maximum Gasteiger partial charge on any atom is 0.0462 e. The van der Waals surface area contributed by atoms with Gasteiger partial charge in [-0.15, -0.1) is 0 Å². The second-order valence-corrected chi connectivity index (χ2v) is 6.10. The van der Waals surface area contributed by atoms with E-state index in [2.05, 4.69) is 17.1 Å². The van der Waals surface area contributed by atoms with Crippen molar-refractivity contribution >= 4 is 0 Å². The summed E-state index contributed by atoms with van der Waals surface area (Å²) >= 11 is 0. The molecule has 0 aromatic heterocycles. The maximum atomic E-state index is 5.15. The van der Waals surface area contributed by atoms with Crippen molar-refractivity contribution in [2.75, 3.05) is 33.4 Å². The van der Waals surface area contributed by atoms with Crippen LogP contribution in [0.3, 0.4) is 0 Å². The normalized spacial score (nSPS) is 28.0. The summed E-state index contributed by atoms with van der Waals surface area (Å²) in [4.78, 5) is 2.75. The number of ether oxygens (including phenoxy) is 1. The van der Waals surface area contributed by atoms with Gasteiger partial charge >= 0.3 is 0 Å². The minimum Gasteiger partial charge on any atom is -0.385 e. The summed E-state index contributed by atoms with van der Waals surface area (Å²) in [6, 6.07) is 0.749. The highest BCUT2D eigenvalue weighted by Gasteiger charge is 2.40. The van der Waals surface area contributed by atoms with Gasteiger partial charge in [-0.25, -0.2) is 0 Å². The minimum atomic E-state index is 0.465. The number of unbranched alkanes of at least 4 members (excludes halogenated alkanes) is 1. The highest BCUT2D eigenvalue weighted by Crippen LogP contribution is 2.33. The average Bonchev–Trinajstić information content (AvgIpc) is 2.83. The molecular formula is C15H30N2O. The summed E-state index contributed by atoms with van der Waals surface area (Å²) < 4.78 is 5.15. The van der Waals surface area contributed by atoms with Crippen molar-refractivity contribution in [2.45, 2.75) is 63.5 Å². The monoisotopic (exact) mass is 254 g/mol. The van der Waals surface area contributed by atoms with Crippen LogP contribution in [0.25, 0.3) is 0 Å². The zero-order chi connectivity index (χ0) is 12.8. The Labute approximate surface area is 112 Å². The van der Waals surface area contributed by atoms with Crippen LogP contribution < -0.4 is 5.32 Å². The third kappa shape index (κ3) is 3.46. The lowest BCUT2D eigenvalue weighted by Gasteiger charge is -2.46. The molecule has 1 saturated heterocycles. The van der Waals surface area contributed by atoms with E-state index in [1.807, 2.05) is 0 Å². The molecule has 1 spiro atoms. The molecule has 3 heteroatoms. The zero-order valence-electron chi connectivity index (χ0n) is 12.2. The quantitative estimate of drug-likeness (QED) is 0.737. The molecule has 0 aromatic carbocycles. The summed E-state index contributed by atoms with van der Waals surface area (Å²) in [6.07, 6.45) is 9.36. The second kappa shape index (κ2) is 6.88. The van der Waals surface area contributed by atoms with Gasteiger partial charge in [0.1, 0.15) is 0 Å². The molecule has 18 heavy (non-hydrogen) atoms. The second-order valence-electron chi connectivity index (χ2n) is 6.10. The van der Waals surface area contributed by atoms with Gasteiger partial charge in [0.15, 0.2) is 0 Å². The summed E-state index contributed by atoms with van der Waals surface area (Å²) in [6.45, 7) is 6.96. The van der Waals surface area contributed by atoms with Crippen LogP contribution >= 0.6 is 0 Å². The third-order valence-corrected chi connectivity index (χ3v) is 4.81. The van der Waals surface area contributed by atoms with E-state index in [0.717, 1.165) is 12.6 Å². The van der Waals surface area contributed by atoms with Crippen molar-refractivity contribution in [3.63, 3.8) is 0 Å². The van der Waals surface area contributed by atoms with Crippen molar-refractivity contribution in [1.82, 2.24) is 10.2 Å². The number of methoxy groups -OCH3 is 1. The van der Waals surface area contributed by atoms with Crippen LogP contribution in [0.1, 0.15) is 51.9 Å². The van der Waals surface area contributed by atoms with E-state index < -0.39 is 0 Å². The fourth-order valence-electron chi connectivity index (χ4n) is 3.65. The topological polar surface area (TPSA) is 24.5 Å². The first-order chi connectivity index (χ1) is 8.79. The highest BCUT2D eigenvalue weighted by molar-refractivity contribution is 5.00. The largest absolute Gasteiger partial charge is 0.385 e. The first-order valence-corrected chi connectivity index (χ1v) is 7.78. The molecular weight excluding hydrogens is 224 g/mol. The Morgan fingerprint density at radius 3 is 2.72 bits per heavy atom. The molecule has 106 valence electrons. The molecule has 1 atom stereocenters. The summed E-state index contributed by atoms with van der Waals surface area (Å²) in [5.41, 5.74) is 0.465. The van der Waals surface area contributed by atoms with E-state index in [-0.39, 0.29) is 0 Å². The van der Waals surface area contributed by atoms with E-state index in [0.29, 0.717) is 5.54 Å². The van der Waals surface area contributed by atoms with Crippen molar-refractivity contribution in [1.29, 1.82) is 0 Å². The van der Waals surface area contributed by atoms with Gasteiger partial charge < -0.3 is 10.1 Å². The molecule has 1 aliphatic carbocycles. The Kier molecular flexibility index (Phi) is 5.46. The predicted octanol–water partition coefficient (Wildman–Crippen LogP) is 2.41. The fraction of sp³-hybridized carbons (Fsp3) is 1.00. The Morgan fingerprint density at radius 1 is 1.28 bits per heavy atom. The molecule has 0 bridgehead atoms. The van der Waals surface area contributed by atoms with Crippen molar-refractivity contribution in [2.24, 2.45) is 0 Å². The lowest BCUT2D eigenvalue weighted by molar-refractivity contribution is 0.0742. The Bertz CT molecular complexity index is 239. The molecule has 1 aliphatic heterocycles. The van der Waals surface area contributed by atoms with Crippen LogP contribution in [0, 0.1) is 0 Å². The van der Waals surface area contributed by atoms with Gasteiger partial charge in [0, 0.05) is 38.4 Å². The SMILES string of the molecule is CCC1CNC2(CCCC2)CN1CCCCOC. The first kappa shape index (κ1) is 14.3. The predicted molar refractivity (Wildman–Crippen MR) is 76.0 cm³/mol. The zero-order valence-corrected chi connectivity index (χ0v) is 12.2. The van der Waals surface area contributed by atoms with Crippen LogP contribution in [0.5, 0.6) is 0 Å². The number of hydrogen-bond donors (Lipinski definition) is 1. The molecule has 2 aliphatic rings. The number of nitrogens with zero attached hydrogens (tertiary/aromatic N) is 1. The summed E-state index contributed by atoms with van der Waals surface area (Å²) in [5.74, 6) is 0. The third-order valence-electron chi connectivity index (χ3n) is 4.81. The van der Waals surface area contributed by atoms with Gasteiger partial charge in [-0.1, -0.05) is 19.8 Å². The van der Waals surface area contributed by atoms with Gasteiger partial charge in [-0.05, 0) is 38.6 Å². The van der Waals surface area contributed by atoms with E-state index in [1.165, 1.54) is 64.6 Å². The van der Waals surface area contributed by atoms with Crippen molar-refractivity contribution in [3.05, 3.63) is 0 Å². The molecule has 2 fully saturated rings. The molecule has 1 N–H and O–H groups in total. The molecule has 1 saturated carbocycles. The highest BCUT2D eigenvalue weighted by atomic mass is 16.5. The first-order valence-electron chi connectivity index (χ1n) is 7.78. The van der Waals surface area contributed by atoms with Gasteiger partial charge in [-0.3, -0.25) is 4.90 Å². The molecule has 3 nitrogen and oxygen atoms in total. The Morgan fingerprint density at radius 2 is 2.06 bits per heavy atom.